The normalized spacial score (nSPS) is 11.8. The lowest BCUT2D eigenvalue weighted by molar-refractivity contribution is 0.0600. The quantitative estimate of drug-likeness (QED) is 0.579. The molecule has 0 fully saturated rings. The minimum absolute atomic E-state index is 0.216. The number of hydrogen-bond donors (Lipinski definition) is 0. The van der Waals surface area contributed by atoms with Gasteiger partial charge < -0.3 is 18.8 Å². The van der Waals surface area contributed by atoms with Crippen molar-refractivity contribution in [3.63, 3.8) is 0 Å². The third-order valence-corrected chi connectivity index (χ3v) is 5.08. The zero-order valence-electron chi connectivity index (χ0n) is 16.0. The van der Waals surface area contributed by atoms with Gasteiger partial charge in [0.15, 0.2) is 4.80 Å². The summed E-state index contributed by atoms with van der Waals surface area (Å²) in [6.45, 7) is 0.951. The maximum absolute atomic E-state index is 12.7. The van der Waals surface area contributed by atoms with Gasteiger partial charge in [0.25, 0.3) is 5.91 Å². The topological polar surface area (TPSA) is 96.9 Å². The molecule has 2 aromatic heterocycles. The van der Waals surface area contributed by atoms with Crippen LogP contribution in [0, 0.1) is 0 Å². The van der Waals surface area contributed by atoms with Crippen LogP contribution in [0.15, 0.2) is 29.4 Å². The summed E-state index contributed by atoms with van der Waals surface area (Å²) in [7, 11) is 6.09. The molecule has 1 aromatic carbocycles. The monoisotopic (exact) mass is 404 g/mol. The number of carbonyl (C=O) groups excluding carboxylic acids is 2. The number of esters is 1. The van der Waals surface area contributed by atoms with Crippen LogP contribution < -0.4 is 9.54 Å². The molecular weight excluding hydrogens is 384 g/mol. The lowest BCUT2D eigenvalue weighted by atomic mass is 10.2. The van der Waals surface area contributed by atoms with E-state index in [1.54, 1.807) is 32.5 Å². The number of hydrogen-bond acceptors (Lipinski definition) is 7. The number of benzene rings is 1. The summed E-state index contributed by atoms with van der Waals surface area (Å²) >= 11 is 1.30. The van der Waals surface area contributed by atoms with E-state index in [9.17, 15) is 9.59 Å². The van der Waals surface area contributed by atoms with Crippen LogP contribution in [-0.2, 0) is 23.1 Å². The average Bonchev–Trinajstić information content (AvgIpc) is 3.24. The van der Waals surface area contributed by atoms with Gasteiger partial charge in [-0.05, 0) is 18.2 Å². The van der Waals surface area contributed by atoms with Crippen LogP contribution in [0.4, 0.5) is 0 Å². The Bertz CT molecular complexity index is 1100. The molecule has 0 aliphatic heterocycles. The van der Waals surface area contributed by atoms with E-state index in [0.29, 0.717) is 23.5 Å². The van der Waals surface area contributed by atoms with Crippen molar-refractivity contribution >= 4 is 33.4 Å². The smallest absolute Gasteiger partial charge is 0.337 e. The fourth-order valence-corrected chi connectivity index (χ4v) is 3.81. The number of methoxy groups -OCH3 is 3. The van der Waals surface area contributed by atoms with E-state index in [-0.39, 0.29) is 11.4 Å². The number of aromatic nitrogens is 3. The Labute approximate surface area is 164 Å². The van der Waals surface area contributed by atoms with Crippen LogP contribution in [0.25, 0.3) is 10.2 Å². The fourth-order valence-electron chi connectivity index (χ4n) is 2.71. The number of thiazole rings is 1. The van der Waals surface area contributed by atoms with Crippen LogP contribution in [-0.4, -0.2) is 54.2 Å². The van der Waals surface area contributed by atoms with Crippen LogP contribution >= 0.6 is 11.3 Å². The standard InChI is InChI=1S/C18H20N4O5S/c1-21-10-12(16(20-21)26-3)15(23)19-18-22(7-8-25-2)13-6-5-11(17(24)27-4)9-14(13)28-18/h5-6,9-10H,7-8H2,1-4H3. The second kappa shape index (κ2) is 8.36. The van der Waals surface area contributed by atoms with Crippen molar-refractivity contribution in [1.82, 2.24) is 14.3 Å². The Balaban J connectivity index is 2.13. The third kappa shape index (κ3) is 3.82. The van der Waals surface area contributed by atoms with Crippen LogP contribution in [0.2, 0.25) is 0 Å². The largest absolute Gasteiger partial charge is 0.479 e. The minimum atomic E-state index is -0.462. The lowest BCUT2D eigenvalue weighted by Crippen LogP contribution is -2.19. The summed E-state index contributed by atoms with van der Waals surface area (Å²) in [5.41, 5.74) is 1.55. The molecule has 3 aromatic rings. The molecule has 0 aliphatic rings. The molecule has 3 rings (SSSR count). The van der Waals surface area contributed by atoms with Gasteiger partial charge in [-0.3, -0.25) is 9.48 Å². The number of amides is 1. The summed E-state index contributed by atoms with van der Waals surface area (Å²) in [6.07, 6.45) is 1.56. The molecule has 1 amide bonds. The van der Waals surface area contributed by atoms with Crippen molar-refractivity contribution in [2.45, 2.75) is 6.54 Å². The van der Waals surface area contributed by atoms with Gasteiger partial charge in [-0.25, -0.2) is 4.79 Å². The first-order valence-corrected chi connectivity index (χ1v) is 9.17. The van der Waals surface area contributed by atoms with Gasteiger partial charge in [-0.2, -0.15) is 4.99 Å². The first-order chi connectivity index (χ1) is 13.5. The van der Waals surface area contributed by atoms with Crippen molar-refractivity contribution in [3.8, 4) is 5.88 Å². The number of ether oxygens (including phenoxy) is 3. The van der Waals surface area contributed by atoms with E-state index >= 15 is 0 Å². The van der Waals surface area contributed by atoms with Gasteiger partial charge in [-0.1, -0.05) is 11.3 Å². The maximum Gasteiger partial charge on any atom is 0.337 e. The van der Waals surface area contributed by atoms with Gasteiger partial charge in [0, 0.05) is 26.9 Å². The molecule has 0 saturated carbocycles. The van der Waals surface area contributed by atoms with Crippen molar-refractivity contribution in [1.29, 1.82) is 0 Å². The second-order valence-corrected chi connectivity index (χ2v) is 6.85. The number of aryl methyl sites for hydroxylation is 1. The van der Waals surface area contributed by atoms with Gasteiger partial charge in [-0.15, -0.1) is 5.10 Å². The molecule has 0 bridgehead atoms. The van der Waals surface area contributed by atoms with Gasteiger partial charge in [0.05, 0.1) is 36.6 Å². The van der Waals surface area contributed by atoms with Crippen molar-refractivity contribution in [2.24, 2.45) is 12.0 Å². The van der Waals surface area contributed by atoms with E-state index in [4.69, 9.17) is 14.2 Å². The van der Waals surface area contributed by atoms with Crippen molar-refractivity contribution < 1.29 is 23.8 Å². The molecule has 0 radical (unpaired) electrons. The predicted octanol–water partition coefficient (Wildman–Crippen LogP) is 1.62. The Hall–Kier alpha value is -2.98. The Morgan fingerprint density at radius 2 is 2.04 bits per heavy atom. The highest BCUT2D eigenvalue weighted by atomic mass is 32.1. The minimum Gasteiger partial charge on any atom is -0.479 e. The number of carbonyl (C=O) groups is 2. The Morgan fingerprint density at radius 1 is 1.25 bits per heavy atom. The maximum atomic E-state index is 12.7. The van der Waals surface area contributed by atoms with Crippen molar-refractivity contribution in [3.05, 3.63) is 40.3 Å². The second-order valence-electron chi connectivity index (χ2n) is 5.85. The Morgan fingerprint density at radius 3 is 2.71 bits per heavy atom. The third-order valence-electron chi connectivity index (χ3n) is 4.04. The summed E-state index contributed by atoms with van der Waals surface area (Å²) in [4.78, 5) is 29.3. The first-order valence-electron chi connectivity index (χ1n) is 8.35. The van der Waals surface area contributed by atoms with E-state index < -0.39 is 11.9 Å². The number of rotatable bonds is 6. The molecular formula is C18H20N4O5S. The van der Waals surface area contributed by atoms with E-state index in [2.05, 4.69) is 10.1 Å². The molecule has 0 atom stereocenters. The highest BCUT2D eigenvalue weighted by Gasteiger charge is 2.17. The van der Waals surface area contributed by atoms with E-state index in [0.717, 1.165) is 10.2 Å². The molecule has 28 heavy (non-hydrogen) atoms. The number of nitrogens with zero attached hydrogens (tertiary/aromatic N) is 4. The summed E-state index contributed by atoms with van der Waals surface area (Å²) < 4.78 is 19.3. The molecule has 0 unspecified atom stereocenters. The van der Waals surface area contributed by atoms with E-state index in [1.807, 2.05) is 10.6 Å². The van der Waals surface area contributed by atoms with E-state index in [1.165, 1.54) is 30.2 Å². The fraction of sp³-hybridized carbons (Fsp3) is 0.333. The van der Waals surface area contributed by atoms with Gasteiger partial charge >= 0.3 is 5.97 Å². The van der Waals surface area contributed by atoms with Crippen LogP contribution in [0.3, 0.4) is 0 Å². The molecule has 0 aliphatic carbocycles. The molecule has 10 heteroatoms. The summed E-state index contributed by atoms with van der Waals surface area (Å²) in [5, 5.41) is 4.09. The first kappa shape index (κ1) is 19.8. The highest BCUT2D eigenvalue weighted by Crippen LogP contribution is 2.21. The zero-order valence-corrected chi connectivity index (χ0v) is 16.8. The van der Waals surface area contributed by atoms with Gasteiger partial charge in [0.1, 0.15) is 5.56 Å². The molecule has 0 spiro atoms. The molecule has 0 N–H and O–H groups in total. The molecule has 0 saturated heterocycles. The Kier molecular flexibility index (Phi) is 5.90. The highest BCUT2D eigenvalue weighted by molar-refractivity contribution is 7.16. The lowest BCUT2D eigenvalue weighted by Gasteiger charge is -2.05. The SMILES string of the molecule is COCCn1c(=NC(=O)c2cn(C)nc2OC)sc2cc(C(=O)OC)ccc21. The van der Waals surface area contributed by atoms with Crippen LogP contribution in [0.5, 0.6) is 5.88 Å². The van der Waals surface area contributed by atoms with Crippen LogP contribution in [0.1, 0.15) is 20.7 Å². The summed E-state index contributed by atoms with van der Waals surface area (Å²) in [6, 6.07) is 5.21. The predicted molar refractivity (Wildman–Crippen MR) is 103 cm³/mol. The molecule has 9 nitrogen and oxygen atoms in total. The molecule has 148 valence electrons. The number of fused-ring (bicyclic) bond motifs is 1. The zero-order chi connectivity index (χ0) is 20.3. The molecule has 2 heterocycles. The van der Waals surface area contributed by atoms with Gasteiger partial charge in [0.2, 0.25) is 5.88 Å². The summed E-state index contributed by atoms with van der Waals surface area (Å²) in [5.74, 6) is -0.668. The van der Waals surface area contributed by atoms with Crippen molar-refractivity contribution in [2.75, 3.05) is 27.9 Å². The average molecular weight is 404 g/mol.